The number of aliphatic imine (C=N–C) groups is 1. The van der Waals surface area contributed by atoms with E-state index in [1.807, 2.05) is 6.92 Å². The zero-order valence-corrected chi connectivity index (χ0v) is 16.3. The summed E-state index contributed by atoms with van der Waals surface area (Å²) in [5.74, 6) is 0.870. The normalized spacial score (nSPS) is 24.4. The number of sulfone groups is 1. The molecule has 1 unspecified atom stereocenters. The molecule has 1 aliphatic heterocycles. The van der Waals surface area contributed by atoms with Gasteiger partial charge in [0.15, 0.2) is 15.8 Å². The third-order valence-electron chi connectivity index (χ3n) is 5.32. The van der Waals surface area contributed by atoms with Crippen LogP contribution in [0.5, 0.6) is 0 Å². The van der Waals surface area contributed by atoms with Crippen molar-refractivity contribution < 1.29 is 13.2 Å². The summed E-state index contributed by atoms with van der Waals surface area (Å²) < 4.78 is 22.8. The molecular formula is C17H32N4O3S. The van der Waals surface area contributed by atoms with E-state index in [-0.39, 0.29) is 23.5 Å². The van der Waals surface area contributed by atoms with Gasteiger partial charge >= 0.3 is 0 Å². The van der Waals surface area contributed by atoms with E-state index in [1.165, 1.54) is 19.3 Å². The molecule has 25 heavy (non-hydrogen) atoms. The van der Waals surface area contributed by atoms with Crippen molar-refractivity contribution in [2.75, 3.05) is 31.1 Å². The van der Waals surface area contributed by atoms with Crippen molar-refractivity contribution in [3.8, 4) is 0 Å². The molecule has 0 aromatic carbocycles. The number of rotatable bonds is 8. The van der Waals surface area contributed by atoms with E-state index in [9.17, 15) is 13.2 Å². The maximum Gasteiger partial charge on any atom is 0.222 e. The van der Waals surface area contributed by atoms with Crippen LogP contribution in [0.15, 0.2) is 4.99 Å². The fraction of sp³-hybridized carbons (Fsp3) is 0.882. The van der Waals surface area contributed by atoms with Crippen LogP contribution in [-0.2, 0) is 14.6 Å². The Morgan fingerprint density at radius 1 is 1.24 bits per heavy atom. The van der Waals surface area contributed by atoms with Crippen LogP contribution < -0.4 is 16.0 Å². The molecule has 7 nitrogen and oxygen atoms in total. The molecule has 1 saturated carbocycles. The van der Waals surface area contributed by atoms with Crippen molar-refractivity contribution in [2.45, 2.75) is 58.4 Å². The molecule has 1 aliphatic carbocycles. The van der Waals surface area contributed by atoms with Crippen LogP contribution in [0.1, 0.15) is 52.4 Å². The smallest absolute Gasteiger partial charge is 0.222 e. The number of hydrogen-bond donors (Lipinski definition) is 3. The van der Waals surface area contributed by atoms with Gasteiger partial charge in [-0.2, -0.15) is 0 Å². The van der Waals surface area contributed by atoms with Crippen molar-refractivity contribution >= 4 is 21.7 Å². The molecule has 0 bridgehead atoms. The van der Waals surface area contributed by atoms with Crippen LogP contribution in [-0.4, -0.2) is 57.5 Å². The molecule has 2 aliphatic rings. The summed E-state index contributed by atoms with van der Waals surface area (Å²) in [6.45, 7) is 6.32. The third-order valence-corrected chi connectivity index (χ3v) is 7.09. The van der Waals surface area contributed by atoms with Crippen molar-refractivity contribution in [3.05, 3.63) is 0 Å². The highest BCUT2D eigenvalue weighted by Crippen LogP contribution is 2.43. The molecule has 3 N–H and O–H groups in total. The highest BCUT2D eigenvalue weighted by Gasteiger charge is 2.34. The second-order valence-corrected chi connectivity index (χ2v) is 9.48. The zero-order chi connectivity index (χ0) is 18.3. The number of carbonyl (C=O) groups is 1. The Kier molecular flexibility index (Phi) is 7.10. The molecule has 1 amide bonds. The zero-order valence-electron chi connectivity index (χ0n) is 15.4. The van der Waals surface area contributed by atoms with Crippen LogP contribution in [0.25, 0.3) is 0 Å². The number of carbonyl (C=O) groups excluding carboxylic acids is 1. The molecule has 0 aromatic heterocycles. The quantitative estimate of drug-likeness (QED) is 0.433. The monoisotopic (exact) mass is 372 g/mol. The fourth-order valence-corrected chi connectivity index (χ4v) is 5.07. The van der Waals surface area contributed by atoms with E-state index < -0.39 is 9.84 Å². The highest BCUT2D eigenvalue weighted by molar-refractivity contribution is 7.91. The lowest BCUT2D eigenvalue weighted by Crippen LogP contribution is -2.42. The van der Waals surface area contributed by atoms with Crippen LogP contribution in [0.3, 0.4) is 0 Å². The Balaban J connectivity index is 1.72. The van der Waals surface area contributed by atoms with E-state index in [0.29, 0.717) is 24.8 Å². The Morgan fingerprint density at radius 3 is 2.52 bits per heavy atom. The Bertz CT molecular complexity index is 579. The van der Waals surface area contributed by atoms with Gasteiger partial charge in [0.05, 0.1) is 11.5 Å². The number of guanidine groups is 1. The molecule has 1 atom stereocenters. The van der Waals surface area contributed by atoms with Gasteiger partial charge in [-0.05, 0) is 38.0 Å². The third kappa shape index (κ3) is 6.17. The van der Waals surface area contributed by atoms with Gasteiger partial charge in [-0.1, -0.05) is 13.3 Å². The van der Waals surface area contributed by atoms with Crippen LogP contribution in [0.4, 0.5) is 0 Å². The average Bonchev–Trinajstić information content (AvgIpc) is 2.85. The van der Waals surface area contributed by atoms with Gasteiger partial charge in [-0.25, -0.2) is 8.42 Å². The van der Waals surface area contributed by atoms with E-state index in [1.54, 1.807) is 0 Å². The van der Waals surface area contributed by atoms with Crippen molar-refractivity contribution in [1.29, 1.82) is 0 Å². The van der Waals surface area contributed by atoms with E-state index >= 15 is 0 Å². The molecule has 1 heterocycles. The fourth-order valence-electron chi connectivity index (χ4n) is 3.39. The second kappa shape index (κ2) is 8.87. The lowest BCUT2D eigenvalue weighted by molar-refractivity contribution is -0.121. The summed E-state index contributed by atoms with van der Waals surface area (Å²) in [6.07, 6.45) is 5.77. The molecule has 144 valence electrons. The number of nitrogens with zero attached hydrogens (tertiary/aromatic N) is 1. The lowest BCUT2D eigenvalue weighted by atomic mass is 9.67. The van der Waals surface area contributed by atoms with Gasteiger partial charge in [0.1, 0.15) is 0 Å². The van der Waals surface area contributed by atoms with Gasteiger partial charge in [0, 0.05) is 32.1 Å². The lowest BCUT2D eigenvalue weighted by Gasteiger charge is -2.40. The highest BCUT2D eigenvalue weighted by atomic mass is 32.2. The van der Waals surface area contributed by atoms with Crippen LogP contribution >= 0.6 is 0 Å². The minimum atomic E-state index is -2.96. The summed E-state index contributed by atoms with van der Waals surface area (Å²) in [6, 6.07) is -0.234. The first-order chi connectivity index (χ1) is 11.9. The molecule has 8 heteroatoms. The van der Waals surface area contributed by atoms with Crippen molar-refractivity contribution in [2.24, 2.45) is 10.4 Å². The summed E-state index contributed by atoms with van der Waals surface area (Å²) in [5, 5.41) is 9.22. The topological polar surface area (TPSA) is 99.7 Å². The van der Waals surface area contributed by atoms with Gasteiger partial charge in [0.25, 0.3) is 0 Å². The summed E-state index contributed by atoms with van der Waals surface area (Å²) in [7, 11) is -2.96. The van der Waals surface area contributed by atoms with Crippen LogP contribution in [0.2, 0.25) is 0 Å². The van der Waals surface area contributed by atoms with E-state index in [4.69, 9.17) is 0 Å². The van der Waals surface area contributed by atoms with Crippen molar-refractivity contribution in [1.82, 2.24) is 16.0 Å². The first-order valence-electron chi connectivity index (χ1n) is 9.40. The van der Waals surface area contributed by atoms with Gasteiger partial charge < -0.3 is 16.0 Å². The van der Waals surface area contributed by atoms with Gasteiger partial charge in [-0.3, -0.25) is 9.79 Å². The summed E-state index contributed by atoms with van der Waals surface area (Å²) in [4.78, 5) is 16.6. The van der Waals surface area contributed by atoms with Crippen LogP contribution in [0, 0.1) is 5.41 Å². The molecular weight excluding hydrogens is 340 g/mol. The summed E-state index contributed by atoms with van der Waals surface area (Å²) >= 11 is 0. The summed E-state index contributed by atoms with van der Waals surface area (Å²) in [5.41, 5.74) is 0.369. The Hall–Kier alpha value is -1.31. The molecule has 2 rings (SSSR count). The van der Waals surface area contributed by atoms with Crippen molar-refractivity contribution in [3.63, 3.8) is 0 Å². The molecule has 0 radical (unpaired) electrons. The maximum atomic E-state index is 12.0. The minimum absolute atomic E-state index is 0.0648. The predicted molar refractivity (Wildman–Crippen MR) is 100 cm³/mol. The second-order valence-electron chi connectivity index (χ2n) is 7.25. The standard InChI is InChI=1S/C17H32N4O3S/c1-3-17(8-5-9-17)13-20-16(18-4-2)19-10-6-15(22)21-14-7-11-25(23,24)12-14/h14H,3-13H2,1-2H3,(H,21,22)(H2,18,19,20). The molecule has 0 spiro atoms. The number of hydrogen-bond acceptors (Lipinski definition) is 4. The molecule has 1 saturated heterocycles. The largest absolute Gasteiger partial charge is 0.357 e. The SMILES string of the molecule is CCNC(=NCC1(CC)CCC1)NCCC(=O)NC1CCS(=O)(=O)C1. The molecule has 0 aromatic rings. The average molecular weight is 373 g/mol. The predicted octanol–water partition coefficient (Wildman–Crippen LogP) is 0.815. The van der Waals surface area contributed by atoms with E-state index in [0.717, 1.165) is 25.5 Å². The number of amides is 1. The van der Waals surface area contributed by atoms with Gasteiger partial charge in [-0.15, -0.1) is 0 Å². The maximum absolute atomic E-state index is 12.0. The Labute approximate surface area is 151 Å². The first kappa shape index (κ1) is 20.0. The molecule has 2 fully saturated rings. The van der Waals surface area contributed by atoms with Gasteiger partial charge in [0.2, 0.25) is 5.91 Å². The minimum Gasteiger partial charge on any atom is -0.357 e. The Morgan fingerprint density at radius 2 is 2.00 bits per heavy atom. The number of nitrogens with one attached hydrogen (secondary N) is 3. The first-order valence-corrected chi connectivity index (χ1v) is 11.2. The van der Waals surface area contributed by atoms with E-state index in [2.05, 4.69) is 27.9 Å².